The molecule has 24 heavy (non-hydrogen) atoms. The van der Waals surface area contributed by atoms with Crippen LogP contribution in [0.5, 0.6) is 0 Å². The first-order chi connectivity index (χ1) is 11.5. The van der Waals surface area contributed by atoms with E-state index in [-0.39, 0.29) is 0 Å². The maximum Gasteiger partial charge on any atom is 0.329 e. The van der Waals surface area contributed by atoms with Gasteiger partial charge in [0.15, 0.2) is 6.61 Å². The molecule has 0 heterocycles. The summed E-state index contributed by atoms with van der Waals surface area (Å²) in [5.41, 5.74) is 5.64. The molecule has 4 N–H and O–H groups in total. The molecule has 1 aromatic carbocycles. The van der Waals surface area contributed by atoms with E-state index in [1.165, 1.54) is 11.8 Å². The lowest BCUT2D eigenvalue weighted by Gasteiger charge is -2.16. The number of ether oxygens (including phenoxy) is 1. The zero-order chi connectivity index (χ0) is 17.9. The zero-order valence-corrected chi connectivity index (χ0v) is 13.9. The molecule has 0 aliphatic rings. The molecule has 1 atom stereocenters. The number of nitrogens with two attached hydrogens (primary N) is 1. The molecule has 0 aromatic heterocycles. The predicted octanol–water partition coefficient (Wildman–Crippen LogP) is 0.830. The third-order valence-corrected chi connectivity index (χ3v) is 3.52. The summed E-state index contributed by atoms with van der Waals surface area (Å²) >= 11 is 1.49. The summed E-state index contributed by atoms with van der Waals surface area (Å²) in [5, 5.41) is 13.7. The molecule has 1 aromatic rings. The summed E-state index contributed by atoms with van der Waals surface area (Å²) in [6, 6.07) is 6.64. The van der Waals surface area contributed by atoms with Crippen LogP contribution in [0.15, 0.2) is 24.3 Å². The number of carbonyl (C=O) groups excluding carboxylic acids is 3. The van der Waals surface area contributed by atoms with Crippen LogP contribution >= 0.6 is 11.8 Å². The Morgan fingerprint density at radius 3 is 2.71 bits per heavy atom. The number of nitrogens with zero attached hydrogens (tertiary/aromatic N) is 1. The molecule has 0 spiro atoms. The standard InChI is InChI=1S/C15H18N4O4S/c1-24-7-6-12(19-15(17)22)14(21)23-9-13(20)18-11-5-3-2-4-10(11)8-16/h2-5,12H,6-7,9H2,1H3,(H,18,20)(H3,17,19,22)/t12-/m0/s1. The SMILES string of the molecule is CSCC[C@H](NC(N)=O)C(=O)OCC(=O)Nc1ccccc1C#N. The van der Waals surface area contributed by atoms with Gasteiger partial charge in [0.2, 0.25) is 0 Å². The number of rotatable bonds is 8. The van der Waals surface area contributed by atoms with Crippen LogP contribution in [0.25, 0.3) is 0 Å². The molecule has 0 saturated carbocycles. The van der Waals surface area contributed by atoms with E-state index >= 15 is 0 Å². The number of anilines is 1. The number of carbonyl (C=O) groups is 3. The van der Waals surface area contributed by atoms with Crippen LogP contribution in [0.1, 0.15) is 12.0 Å². The molecule has 3 amide bonds. The topological polar surface area (TPSA) is 134 Å². The number of esters is 1. The Bertz CT molecular complexity index is 645. The Morgan fingerprint density at radius 1 is 1.38 bits per heavy atom. The quantitative estimate of drug-likeness (QED) is 0.594. The Labute approximate surface area is 143 Å². The number of amides is 3. The van der Waals surface area contributed by atoms with E-state index in [2.05, 4.69) is 10.6 Å². The van der Waals surface area contributed by atoms with E-state index in [1.807, 2.05) is 12.3 Å². The van der Waals surface area contributed by atoms with Crippen molar-refractivity contribution in [2.24, 2.45) is 5.73 Å². The summed E-state index contributed by atoms with van der Waals surface area (Å²) in [5.74, 6) is -0.720. The highest BCUT2D eigenvalue weighted by Crippen LogP contribution is 2.13. The molecule has 0 saturated heterocycles. The van der Waals surface area contributed by atoms with Gasteiger partial charge < -0.3 is 21.1 Å². The van der Waals surface area contributed by atoms with Crippen molar-refractivity contribution in [3.8, 4) is 6.07 Å². The van der Waals surface area contributed by atoms with Crippen molar-refractivity contribution >= 4 is 35.4 Å². The zero-order valence-electron chi connectivity index (χ0n) is 13.1. The maximum atomic E-state index is 11.9. The molecule has 0 unspecified atom stereocenters. The molecule has 8 nitrogen and oxygen atoms in total. The Hall–Kier alpha value is -2.73. The third-order valence-electron chi connectivity index (χ3n) is 2.88. The van der Waals surface area contributed by atoms with Gasteiger partial charge in [0.25, 0.3) is 5.91 Å². The number of nitrogens with one attached hydrogen (secondary N) is 2. The molecule has 1 rings (SSSR count). The summed E-state index contributed by atoms with van der Waals surface area (Å²) in [7, 11) is 0. The molecule has 0 radical (unpaired) electrons. The van der Waals surface area contributed by atoms with Crippen molar-refractivity contribution in [1.82, 2.24) is 5.32 Å². The lowest BCUT2D eigenvalue weighted by Crippen LogP contribution is -2.45. The number of para-hydroxylation sites is 1. The molecule has 0 aliphatic heterocycles. The largest absolute Gasteiger partial charge is 0.454 e. The lowest BCUT2D eigenvalue weighted by atomic mass is 10.2. The average molecular weight is 350 g/mol. The van der Waals surface area contributed by atoms with Crippen molar-refractivity contribution < 1.29 is 19.1 Å². The fourth-order valence-electron chi connectivity index (χ4n) is 1.77. The second kappa shape index (κ2) is 10.1. The second-order valence-corrected chi connectivity index (χ2v) is 5.64. The number of urea groups is 1. The smallest absolute Gasteiger partial charge is 0.329 e. The molecule has 0 bridgehead atoms. The average Bonchev–Trinajstić information content (AvgIpc) is 2.56. The van der Waals surface area contributed by atoms with Crippen LogP contribution in [0.4, 0.5) is 10.5 Å². The van der Waals surface area contributed by atoms with Gasteiger partial charge in [0, 0.05) is 0 Å². The highest BCUT2D eigenvalue weighted by molar-refractivity contribution is 7.98. The summed E-state index contributed by atoms with van der Waals surface area (Å²) in [6.45, 7) is -0.533. The van der Waals surface area contributed by atoms with E-state index in [1.54, 1.807) is 24.3 Å². The molecule has 0 aliphatic carbocycles. The van der Waals surface area contributed by atoms with Gasteiger partial charge in [-0.3, -0.25) is 4.79 Å². The van der Waals surface area contributed by atoms with Crippen LogP contribution in [0, 0.1) is 11.3 Å². The van der Waals surface area contributed by atoms with Crippen molar-refractivity contribution in [1.29, 1.82) is 5.26 Å². The number of thioether (sulfide) groups is 1. The molecular formula is C15H18N4O4S. The van der Waals surface area contributed by atoms with Crippen LogP contribution in [0.3, 0.4) is 0 Å². The lowest BCUT2D eigenvalue weighted by molar-refractivity contribution is -0.149. The van der Waals surface area contributed by atoms with Crippen LogP contribution in [-0.2, 0) is 14.3 Å². The van der Waals surface area contributed by atoms with Crippen molar-refractivity contribution in [3.05, 3.63) is 29.8 Å². The van der Waals surface area contributed by atoms with Crippen molar-refractivity contribution in [3.63, 3.8) is 0 Å². The highest BCUT2D eigenvalue weighted by Gasteiger charge is 2.22. The third kappa shape index (κ3) is 6.58. The second-order valence-electron chi connectivity index (χ2n) is 4.66. The fourth-order valence-corrected chi connectivity index (χ4v) is 2.24. The van der Waals surface area contributed by atoms with Gasteiger partial charge in [-0.05, 0) is 30.6 Å². The summed E-state index contributed by atoms with van der Waals surface area (Å²) < 4.78 is 4.90. The number of nitriles is 1. The van der Waals surface area contributed by atoms with Gasteiger partial charge in [0.05, 0.1) is 11.3 Å². The van der Waals surface area contributed by atoms with E-state index in [0.29, 0.717) is 23.4 Å². The predicted molar refractivity (Wildman–Crippen MR) is 90.3 cm³/mol. The summed E-state index contributed by atoms with van der Waals surface area (Å²) in [6.07, 6.45) is 2.19. The Kier molecular flexibility index (Phi) is 8.15. The van der Waals surface area contributed by atoms with Crippen molar-refractivity contribution in [2.45, 2.75) is 12.5 Å². The van der Waals surface area contributed by atoms with E-state index in [4.69, 9.17) is 15.7 Å². The number of hydrogen-bond donors (Lipinski definition) is 3. The van der Waals surface area contributed by atoms with Gasteiger partial charge in [-0.15, -0.1) is 0 Å². The highest BCUT2D eigenvalue weighted by atomic mass is 32.2. The minimum absolute atomic E-state index is 0.297. The van der Waals surface area contributed by atoms with E-state index < -0.39 is 30.6 Å². The first-order valence-corrected chi connectivity index (χ1v) is 8.37. The fraction of sp³-hybridized carbons (Fsp3) is 0.333. The minimum atomic E-state index is -0.908. The van der Waals surface area contributed by atoms with E-state index in [0.717, 1.165) is 0 Å². The van der Waals surface area contributed by atoms with Gasteiger partial charge in [-0.1, -0.05) is 12.1 Å². The van der Waals surface area contributed by atoms with Gasteiger partial charge >= 0.3 is 12.0 Å². The monoisotopic (exact) mass is 350 g/mol. The molecule has 9 heteroatoms. The first kappa shape index (κ1) is 19.3. The molecule has 128 valence electrons. The Morgan fingerprint density at radius 2 is 2.08 bits per heavy atom. The van der Waals surface area contributed by atoms with Gasteiger partial charge in [-0.25, -0.2) is 9.59 Å². The normalized spacial score (nSPS) is 11.0. The minimum Gasteiger partial charge on any atom is -0.454 e. The molecule has 0 fully saturated rings. The number of hydrogen-bond acceptors (Lipinski definition) is 6. The number of primary amides is 1. The van der Waals surface area contributed by atoms with Crippen LogP contribution in [-0.4, -0.2) is 42.6 Å². The Balaban J connectivity index is 2.56. The van der Waals surface area contributed by atoms with Crippen LogP contribution in [0.2, 0.25) is 0 Å². The summed E-state index contributed by atoms with van der Waals surface area (Å²) in [4.78, 5) is 34.7. The number of benzene rings is 1. The maximum absolute atomic E-state index is 11.9. The van der Waals surface area contributed by atoms with Crippen molar-refractivity contribution in [2.75, 3.05) is 23.9 Å². The van der Waals surface area contributed by atoms with Gasteiger partial charge in [-0.2, -0.15) is 17.0 Å². The van der Waals surface area contributed by atoms with Crippen LogP contribution < -0.4 is 16.4 Å². The molecular weight excluding hydrogens is 332 g/mol. The first-order valence-electron chi connectivity index (χ1n) is 6.98. The van der Waals surface area contributed by atoms with E-state index in [9.17, 15) is 14.4 Å². The van der Waals surface area contributed by atoms with Gasteiger partial charge in [0.1, 0.15) is 12.1 Å².